The Morgan fingerprint density at radius 2 is 2.04 bits per heavy atom. The number of aryl methyl sites for hydroxylation is 1. The first-order valence-electron chi connectivity index (χ1n) is 10.0. The van der Waals surface area contributed by atoms with Gasteiger partial charge < -0.3 is 4.57 Å². The van der Waals surface area contributed by atoms with E-state index >= 15 is 0 Å². The summed E-state index contributed by atoms with van der Waals surface area (Å²) in [6, 6.07) is 4.57. The van der Waals surface area contributed by atoms with E-state index in [2.05, 4.69) is 38.7 Å². The van der Waals surface area contributed by atoms with Crippen molar-refractivity contribution in [2.75, 3.05) is 0 Å². The van der Waals surface area contributed by atoms with Gasteiger partial charge in [-0.2, -0.15) is 10.4 Å². The summed E-state index contributed by atoms with van der Waals surface area (Å²) in [5.41, 5.74) is 2.84. The lowest BCUT2D eigenvalue weighted by Gasteiger charge is -2.21. The minimum atomic E-state index is 0.166. The molecule has 3 aromatic heterocycles. The van der Waals surface area contributed by atoms with Gasteiger partial charge in [0.25, 0.3) is 0 Å². The van der Waals surface area contributed by atoms with Gasteiger partial charge in [-0.15, -0.1) is 0 Å². The molecule has 1 aliphatic rings. The van der Waals surface area contributed by atoms with Crippen molar-refractivity contribution in [2.45, 2.75) is 65.5 Å². The molecular formula is C21H28N6. The Morgan fingerprint density at radius 1 is 1.26 bits per heavy atom. The van der Waals surface area contributed by atoms with E-state index in [1.54, 1.807) is 6.33 Å². The van der Waals surface area contributed by atoms with Crippen molar-refractivity contribution in [2.24, 2.45) is 5.92 Å². The van der Waals surface area contributed by atoms with Gasteiger partial charge in [-0.1, -0.05) is 26.7 Å². The minimum absolute atomic E-state index is 0.166. The molecule has 4 rings (SSSR count). The zero-order valence-corrected chi connectivity index (χ0v) is 16.5. The Balaban J connectivity index is 0.00000102. The Morgan fingerprint density at radius 3 is 2.74 bits per heavy atom. The van der Waals surface area contributed by atoms with Crippen molar-refractivity contribution in [3.8, 4) is 17.3 Å². The van der Waals surface area contributed by atoms with Crippen LogP contribution in [0.3, 0.4) is 0 Å². The number of fused-ring (bicyclic) bond motifs is 1. The lowest BCUT2D eigenvalue weighted by Crippen LogP contribution is -2.17. The van der Waals surface area contributed by atoms with Gasteiger partial charge in [0.1, 0.15) is 12.0 Å². The fraction of sp³-hybridized carbons (Fsp3) is 0.524. The van der Waals surface area contributed by atoms with Crippen molar-refractivity contribution in [3.05, 3.63) is 31.0 Å². The van der Waals surface area contributed by atoms with Crippen LogP contribution in [-0.4, -0.2) is 24.3 Å². The van der Waals surface area contributed by atoms with E-state index < -0.39 is 0 Å². The normalized spacial score (nSPS) is 15.3. The highest BCUT2D eigenvalue weighted by Gasteiger charge is 2.27. The monoisotopic (exact) mass is 364 g/mol. The van der Waals surface area contributed by atoms with Crippen LogP contribution in [0.25, 0.3) is 22.3 Å². The SMILES string of the molecule is CC.CCn1ccc2c(-c3cnn([C@H](CC#N)C4CCCC4)c3)ncnc21. The summed E-state index contributed by atoms with van der Waals surface area (Å²) in [6.07, 6.45) is 13.0. The second kappa shape index (κ2) is 8.81. The predicted molar refractivity (Wildman–Crippen MR) is 107 cm³/mol. The molecule has 1 saturated carbocycles. The first-order chi connectivity index (χ1) is 13.3. The van der Waals surface area contributed by atoms with Crippen LogP contribution >= 0.6 is 0 Å². The number of nitriles is 1. The first kappa shape index (κ1) is 19.1. The second-order valence-corrected chi connectivity index (χ2v) is 6.74. The average Bonchev–Trinajstić information content (AvgIpc) is 3.48. The molecule has 142 valence electrons. The van der Waals surface area contributed by atoms with Crippen LogP contribution in [0.4, 0.5) is 0 Å². The lowest BCUT2D eigenvalue weighted by atomic mass is 9.96. The molecule has 0 radical (unpaired) electrons. The molecule has 0 saturated heterocycles. The van der Waals surface area contributed by atoms with Gasteiger partial charge >= 0.3 is 0 Å². The number of nitrogens with zero attached hydrogens (tertiary/aromatic N) is 6. The number of hydrogen-bond acceptors (Lipinski definition) is 4. The molecule has 1 fully saturated rings. The van der Waals surface area contributed by atoms with E-state index in [4.69, 9.17) is 0 Å². The van der Waals surface area contributed by atoms with E-state index in [0.29, 0.717) is 12.3 Å². The van der Waals surface area contributed by atoms with Crippen LogP contribution in [0.5, 0.6) is 0 Å². The third kappa shape index (κ3) is 3.73. The highest BCUT2D eigenvalue weighted by molar-refractivity contribution is 5.90. The smallest absolute Gasteiger partial charge is 0.143 e. The summed E-state index contributed by atoms with van der Waals surface area (Å²) in [7, 11) is 0. The molecule has 6 nitrogen and oxygen atoms in total. The molecule has 1 aliphatic carbocycles. The molecule has 27 heavy (non-hydrogen) atoms. The van der Waals surface area contributed by atoms with Crippen LogP contribution in [0.2, 0.25) is 0 Å². The highest BCUT2D eigenvalue weighted by atomic mass is 15.3. The second-order valence-electron chi connectivity index (χ2n) is 6.74. The molecular weight excluding hydrogens is 336 g/mol. The van der Waals surface area contributed by atoms with E-state index in [9.17, 15) is 5.26 Å². The molecule has 3 heterocycles. The summed E-state index contributed by atoms with van der Waals surface area (Å²) in [5, 5.41) is 14.9. The molecule has 0 unspecified atom stereocenters. The molecule has 0 N–H and O–H groups in total. The predicted octanol–water partition coefficient (Wildman–Crippen LogP) is 4.99. The summed E-state index contributed by atoms with van der Waals surface area (Å²) in [6.45, 7) is 6.98. The van der Waals surface area contributed by atoms with E-state index in [1.165, 1.54) is 25.7 Å². The standard InChI is InChI=1S/C19H22N6.C2H6/c1-2-24-10-8-16-18(21-13-22-19(16)24)15-11-23-25(12-15)17(7-9-20)14-5-3-4-6-14;1-2/h8,10-14,17H,2-7H2,1H3;1-2H3/t17-;/m1./s1. The molecule has 0 aliphatic heterocycles. The maximum atomic E-state index is 9.24. The van der Waals surface area contributed by atoms with Crippen LogP contribution in [0, 0.1) is 17.2 Å². The largest absolute Gasteiger partial charge is 0.333 e. The Kier molecular flexibility index (Phi) is 6.23. The van der Waals surface area contributed by atoms with Crippen molar-refractivity contribution in [1.82, 2.24) is 24.3 Å². The zero-order chi connectivity index (χ0) is 19.2. The quantitative estimate of drug-likeness (QED) is 0.639. The summed E-state index contributed by atoms with van der Waals surface area (Å²) in [4.78, 5) is 8.91. The first-order valence-corrected chi connectivity index (χ1v) is 10.0. The Hall–Kier alpha value is -2.68. The average molecular weight is 364 g/mol. The van der Waals surface area contributed by atoms with Crippen LogP contribution < -0.4 is 0 Å². The number of hydrogen-bond donors (Lipinski definition) is 0. The van der Waals surface area contributed by atoms with Crippen molar-refractivity contribution < 1.29 is 0 Å². The van der Waals surface area contributed by atoms with E-state index in [-0.39, 0.29) is 6.04 Å². The van der Waals surface area contributed by atoms with Gasteiger partial charge in [0.15, 0.2) is 0 Å². The Bertz CT molecular complexity index is 910. The molecule has 1 atom stereocenters. The molecule has 0 amide bonds. The summed E-state index contributed by atoms with van der Waals surface area (Å²) in [5.74, 6) is 0.555. The zero-order valence-electron chi connectivity index (χ0n) is 16.5. The van der Waals surface area contributed by atoms with Crippen molar-refractivity contribution in [3.63, 3.8) is 0 Å². The van der Waals surface area contributed by atoms with Crippen molar-refractivity contribution >= 4 is 11.0 Å². The minimum Gasteiger partial charge on any atom is -0.333 e. The van der Waals surface area contributed by atoms with Crippen LogP contribution in [-0.2, 0) is 6.54 Å². The van der Waals surface area contributed by atoms with E-state index in [1.807, 2.05) is 37.1 Å². The van der Waals surface area contributed by atoms with Crippen LogP contribution in [0.1, 0.15) is 58.9 Å². The third-order valence-corrected chi connectivity index (χ3v) is 5.36. The highest BCUT2D eigenvalue weighted by Crippen LogP contribution is 2.36. The summed E-state index contributed by atoms with van der Waals surface area (Å²) >= 11 is 0. The molecule has 3 aromatic rings. The van der Waals surface area contributed by atoms with Crippen molar-refractivity contribution in [1.29, 1.82) is 5.26 Å². The molecule has 0 bridgehead atoms. The topological polar surface area (TPSA) is 72.3 Å². The van der Waals surface area contributed by atoms with Crippen LogP contribution in [0.15, 0.2) is 31.0 Å². The lowest BCUT2D eigenvalue weighted by molar-refractivity contribution is 0.315. The third-order valence-electron chi connectivity index (χ3n) is 5.36. The number of rotatable bonds is 5. The van der Waals surface area contributed by atoms with Gasteiger partial charge in [0, 0.05) is 29.9 Å². The maximum absolute atomic E-state index is 9.24. The summed E-state index contributed by atoms with van der Waals surface area (Å²) < 4.78 is 4.10. The molecule has 0 aromatic carbocycles. The van der Waals surface area contributed by atoms with Gasteiger partial charge in [0.2, 0.25) is 0 Å². The van der Waals surface area contributed by atoms with E-state index in [0.717, 1.165) is 28.8 Å². The van der Waals surface area contributed by atoms with Gasteiger partial charge in [-0.05, 0) is 31.7 Å². The number of aromatic nitrogens is 5. The van der Waals surface area contributed by atoms with Gasteiger partial charge in [-0.25, -0.2) is 9.97 Å². The van der Waals surface area contributed by atoms with Gasteiger partial charge in [0.05, 0.1) is 30.4 Å². The Labute approximate surface area is 160 Å². The fourth-order valence-corrected chi connectivity index (χ4v) is 4.04. The molecule has 6 heteroatoms. The maximum Gasteiger partial charge on any atom is 0.143 e. The fourth-order valence-electron chi connectivity index (χ4n) is 4.04. The van der Waals surface area contributed by atoms with Gasteiger partial charge in [-0.3, -0.25) is 4.68 Å². The molecule has 0 spiro atoms.